The van der Waals surface area contributed by atoms with Crippen molar-refractivity contribution in [1.29, 1.82) is 0 Å². The van der Waals surface area contributed by atoms with E-state index < -0.39 is 26.2 Å². The highest BCUT2D eigenvalue weighted by atomic mass is 35.5. The number of hydrogen-bond donors (Lipinski definition) is 2. The molecule has 0 spiro atoms. The maximum atomic E-state index is 12.6. The van der Waals surface area contributed by atoms with E-state index in [0.717, 1.165) is 6.26 Å². The Morgan fingerprint density at radius 2 is 1.96 bits per heavy atom. The summed E-state index contributed by atoms with van der Waals surface area (Å²) in [4.78, 5) is 12.9. The van der Waals surface area contributed by atoms with Crippen molar-refractivity contribution in [1.82, 2.24) is 5.32 Å². The van der Waals surface area contributed by atoms with Crippen LogP contribution in [0.4, 0.5) is 14.5 Å². The van der Waals surface area contributed by atoms with Crippen molar-refractivity contribution in [3.05, 3.63) is 24.3 Å². The highest BCUT2D eigenvalue weighted by molar-refractivity contribution is 7.99. The van der Waals surface area contributed by atoms with Crippen LogP contribution in [0.15, 0.2) is 29.2 Å². The van der Waals surface area contributed by atoms with Crippen LogP contribution >= 0.6 is 24.2 Å². The number of hydrogen-bond acceptors (Lipinski definition) is 5. The molecule has 0 aliphatic carbocycles. The van der Waals surface area contributed by atoms with Crippen LogP contribution in [0.3, 0.4) is 0 Å². The fourth-order valence-corrected chi connectivity index (χ4v) is 4.48. The lowest BCUT2D eigenvalue weighted by Crippen LogP contribution is -2.55. The molecule has 1 amide bonds. The Balaban J connectivity index is 0.00000288. The summed E-state index contributed by atoms with van der Waals surface area (Å²) in [5, 5.41) is 5.60. The lowest BCUT2D eigenvalue weighted by atomic mass is 9.95. The second-order valence-electron chi connectivity index (χ2n) is 5.38. The van der Waals surface area contributed by atoms with Gasteiger partial charge in [0.05, 0.1) is 0 Å². The molecule has 0 atom stereocenters. The summed E-state index contributed by atoms with van der Waals surface area (Å²) in [5.74, 6) is -3.17. The van der Waals surface area contributed by atoms with Crippen molar-refractivity contribution in [2.24, 2.45) is 0 Å². The molecule has 1 aliphatic rings. The second-order valence-corrected chi connectivity index (χ2v) is 8.77. The zero-order valence-electron chi connectivity index (χ0n) is 12.9. The number of piperidine rings is 1. The van der Waals surface area contributed by atoms with Crippen LogP contribution in [0.2, 0.25) is 0 Å². The van der Waals surface area contributed by atoms with E-state index >= 15 is 0 Å². The van der Waals surface area contributed by atoms with Gasteiger partial charge in [-0.15, -0.1) is 12.4 Å². The van der Waals surface area contributed by atoms with Crippen molar-refractivity contribution >= 4 is 45.6 Å². The van der Waals surface area contributed by atoms with Gasteiger partial charge in [0.15, 0.2) is 14.6 Å². The van der Waals surface area contributed by atoms with E-state index in [2.05, 4.69) is 10.6 Å². The molecule has 24 heavy (non-hydrogen) atoms. The third-order valence-electron chi connectivity index (χ3n) is 3.85. The molecule has 0 saturated carbocycles. The van der Waals surface area contributed by atoms with E-state index in [1.165, 1.54) is 18.2 Å². The van der Waals surface area contributed by atoms with E-state index in [1.54, 1.807) is 6.07 Å². The smallest absolute Gasteiger partial charge is 0.288 e. The Hall–Kier alpha value is -0.900. The molecule has 1 aromatic rings. The molecular weight excluding hydrogens is 382 g/mol. The molecule has 1 aromatic carbocycles. The molecule has 1 heterocycles. The Kier molecular flexibility index (Phi) is 7.45. The number of carbonyl (C=O) groups excluding carboxylic acids is 1. The summed E-state index contributed by atoms with van der Waals surface area (Å²) in [6.45, 7) is 0.865. The molecule has 10 heteroatoms. The Morgan fingerprint density at radius 3 is 2.50 bits per heavy atom. The fourth-order valence-electron chi connectivity index (χ4n) is 2.59. The van der Waals surface area contributed by atoms with Crippen LogP contribution < -0.4 is 10.6 Å². The number of carbonyl (C=O) groups is 1. The maximum Gasteiger partial charge on any atom is 0.288 e. The number of thioether (sulfide) groups is 1. The van der Waals surface area contributed by atoms with E-state index in [1.807, 2.05) is 0 Å². The minimum Gasteiger partial charge on any atom is -0.325 e. The molecule has 1 fully saturated rings. The molecule has 136 valence electrons. The molecule has 5 nitrogen and oxygen atoms in total. The van der Waals surface area contributed by atoms with Gasteiger partial charge in [-0.05, 0) is 44.1 Å². The number of sulfone groups is 1. The van der Waals surface area contributed by atoms with Crippen LogP contribution in [0.5, 0.6) is 0 Å². The summed E-state index contributed by atoms with van der Waals surface area (Å²) in [5.41, 5.74) is 0.308. The maximum absolute atomic E-state index is 12.6. The number of amides is 1. The lowest BCUT2D eigenvalue weighted by molar-refractivity contribution is -0.119. The van der Waals surface area contributed by atoms with Crippen LogP contribution in [0.25, 0.3) is 0 Å². The highest BCUT2D eigenvalue weighted by Crippen LogP contribution is 2.31. The van der Waals surface area contributed by atoms with Crippen LogP contribution in [-0.4, -0.2) is 44.2 Å². The van der Waals surface area contributed by atoms with Gasteiger partial charge in [-0.3, -0.25) is 4.79 Å². The molecule has 2 N–H and O–H groups in total. The summed E-state index contributed by atoms with van der Waals surface area (Å²) in [7, 11) is -3.61. The average molecular weight is 401 g/mol. The molecule has 1 aliphatic heterocycles. The van der Waals surface area contributed by atoms with Crippen molar-refractivity contribution in [2.75, 3.05) is 24.7 Å². The number of rotatable bonds is 5. The minimum absolute atomic E-state index is 0. The van der Waals surface area contributed by atoms with Gasteiger partial charge in [-0.25, -0.2) is 8.42 Å². The fraction of sp³-hybridized carbons (Fsp3) is 0.500. The average Bonchev–Trinajstić information content (AvgIpc) is 2.46. The number of anilines is 1. The molecule has 0 radical (unpaired) electrons. The first kappa shape index (κ1) is 21.1. The Labute approximate surface area is 150 Å². The van der Waals surface area contributed by atoms with Crippen molar-refractivity contribution < 1.29 is 22.0 Å². The number of alkyl halides is 2. The van der Waals surface area contributed by atoms with Crippen LogP contribution in [0, 0.1) is 0 Å². The van der Waals surface area contributed by atoms with Crippen molar-refractivity contribution in [3.63, 3.8) is 0 Å². The largest absolute Gasteiger partial charge is 0.325 e. The van der Waals surface area contributed by atoms with Crippen molar-refractivity contribution in [3.8, 4) is 0 Å². The van der Waals surface area contributed by atoms with Gasteiger partial charge in [0.25, 0.3) is 5.76 Å². The highest BCUT2D eigenvalue weighted by Gasteiger charge is 2.48. The van der Waals surface area contributed by atoms with E-state index in [4.69, 9.17) is 0 Å². The van der Waals surface area contributed by atoms with Crippen LogP contribution in [-0.2, 0) is 14.6 Å². The van der Waals surface area contributed by atoms with Gasteiger partial charge in [0.2, 0.25) is 5.91 Å². The molecule has 0 unspecified atom stereocenters. The van der Waals surface area contributed by atoms with Gasteiger partial charge < -0.3 is 10.6 Å². The summed E-state index contributed by atoms with van der Waals surface area (Å²) < 4.78 is 47.7. The third kappa shape index (κ3) is 4.81. The second kappa shape index (κ2) is 8.46. The monoisotopic (exact) mass is 400 g/mol. The normalized spacial score (nSPS) is 17.2. The van der Waals surface area contributed by atoms with Gasteiger partial charge >= 0.3 is 0 Å². The predicted molar refractivity (Wildman–Crippen MR) is 93.9 cm³/mol. The Morgan fingerprint density at radius 1 is 1.33 bits per heavy atom. The number of benzene rings is 1. The zero-order chi connectivity index (χ0) is 17.1. The summed E-state index contributed by atoms with van der Waals surface area (Å²) >= 11 is 0.367. The van der Waals surface area contributed by atoms with E-state index in [9.17, 15) is 22.0 Å². The quantitative estimate of drug-likeness (QED) is 0.743. The van der Waals surface area contributed by atoms with Gasteiger partial charge in [0.1, 0.15) is 0 Å². The number of nitrogens with one attached hydrogen (secondary N) is 2. The molecular formula is C14H19ClF2N2O3S2. The van der Waals surface area contributed by atoms with E-state index in [-0.39, 0.29) is 25.2 Å². The predicted octanol–water partition coefficient (Wildman–Crippen LogP) is 2.53. The summed E-state index contributed by atoms with van der Waals surface area (Å²) in [6.07, 6.45) is 1.42. The minimum atomic E-state index is -3.61. The van der Waals surface area contributed by atoms with E-state index in [0.29, 0.717) is 35.4 Å². The molecule has 0 bridgehead atoms. The summed E-state index contributed by atoms with van der Waals surface area (Å²) in [6, 6.07) is 6.00. The van der Waals surface area contributed by atoms with Gasteiger partial charge in [-0.2, -0.15) is 8.78 Å². The van der Waals surface area contributed by atoms with Gasteiger partial charge in [0, 0.05) is 16.8 Å². The van der Waals surface area contributed by atoms with Crippen molar-refractivity contribution in [2.45, 2.75) is 28.2 Å². The standard InChI is InChI=1S/C14H18F2N2O3S2.ClH/c1-23(20,21)14(5-7-17-8-6-14)12(19)18-10-3-2-4-11(9-10)22-13(15)16;/h2-4,9,13,17H,5-8H2,1H3,(H,18,19);1H. The number of halogens is 3. The molecule has 1 saturated heterocycles. The zero-order valence-corrected chi connectivity index (χ0v) is 15.4. The first-order valence-corrected chi connectivity index (χ1v) is 9.78. The van der Waals surface area contributed by atoms with Crippen LogP contribution in [0.1, 0.15) is 12.8 Å². The lowest BCUT2D eigenvalue weighted by Gasteiger charge is -2.34. The first-order valence-electron chi connectivity index (χ1n) is 7.01. The van der Waals surface area contributed by atoms with Gasteiger partial charge in [-0.1, -0.05) is 17.8 Å². The topological polar surface area (TPSA) is 75.3 Å². The SMILES string of the molecule is CS(=O)(=O)C1(C(=O)Nc2cccc(SC(F)F)c2)CCNCC1.Cl. The third-order valence-corrected chi connectivity index (χ3v) is 6.57. The molecule has 0 aromatic heterocycles. The first-order chi connectivity index (χ1) is 10.7. The molecule has 2 rings (SSSR count). The Bertz CT molecular complexity index is 680.